The van der Waals surface area contributed by atoms with Gasteiger partial charge >= 0.3 is 5.97 Å². The van der Waals surface area contributed by atoms with E-state index >= 15 is 0 Å². The highest BCUT2D eigenvalue weighted by Gasteiger charge is 2.45. The van der Waals surface area contributed by atoms with Crippen molar-refractivity contribution in [1.82, 2.24) is 4.90 Å². The van der Waals surface area contributed by atoms with Gasteiger partial charge in [0.15, 0.2) is 0 Å². The van der Waals surface area contributed by atoms with E-state index < -0.39 is 11.4 Å². The fourth-order valence-electron chi connectivity index (χ4n) is 3.79. The number of rotatable bonds is 3. The Labute approximate surface area is 113 Å². The van der Waals surface area contributed by atoms with Gasteiger partial charge in [0.25, 0.3) is 0 Å². The molecule has 3 aliphatic rings. The van der Waals surface area contributed by atoms with E-state index in [0.29, 0.717) is 44.7 Å². The number of carboxylic acids is 1. The molecular weight excluding hydrogens is 246 g/mol. The van der Waals surface area contributed by atoms with Gasteiger partial charge < -0.3 is 14.6 Å². The molecule has 2 heterocycles. The van der Waals surface area contributed by atoms with Crippen molar-refractivity contribution in [3.8, 4) is 0 Å². The van der Waals surface area contributed by atoms with Crippen molar-refractivity contribution >= 4 is 5.97 Å². The fraction of sp³-hybridized carbons (Fsp3) is 0.929. The van der Waals surface area contributed by atoms with Crippen LogP contribution in [0.25, 0.3) is 0 Å². The third kappa shape index (κ3) is 2.51. The van der Waals surface area contributed by atoms with Crippen molar-refractivity contribution < 1.29 is 19.4 Å². The van der Waals surface area contributed by atoms with Gasteiger partial charge in [0.05, 0.1) is 18.1 Å². The molecule has 19 heavy (non-hydrogen) atoms. The van der Waals surface area contributed by atoms with Gasteiger partial charge in [-0.15, -0.1) is 0 Å². The molecule has 0 bridgehead atoms. The summed E-state index contributed by atoms with van der Waals surface area (Å²) < 4.78 is 11.1. The number of fused-ring (bicyclic) bond motifs is 1. The van der Waals surface area contributed by atoms with Crippen LogP contribution in [-0.4, -0.2) is 61.0 Å². The lowest BCUT2D eigenvalue weighted by Gasteiger charge is -2.43. The first-order valence-corrected chi connectivity index (χ1v) is 7.38. The zero-order valence-electron chi connectivity index (χ0n) is 11.3. The predicted molar refractivity (Wildman–Crippen MR) is 69.1 cm³/mol. The minimum atomic E-state index is -0.656. The van der Waals surface area contributed by atoms with Crippen LogP contribution < -0.4 is 0 Å². The molecule has 0 aromatic rings. The second kappa shape index (κ2) is 5.38. The van der Waals surface area contributed by atoms with Crippen molar-refractivity contribution in [2.75, 3.05) is 32.9 Å². The molecule has 0 radical (unpaired) electrons. The lowest BCUT2D eigenvalue weighted by molar-refractivity contribution is -0.160. The Morgan fingerprint density at radius 3 is 2.79 bits per heavy atom. The standard InChI is InChI=1S/C14H23NO4/c16-13(17)14(4-7-18-8-5-14)10-15-6-9-19-12-3-1-2-11(12)15/h11-12H,1-10H2,(H,16,17). The van der Waals surface area contributed by atoms with Crippen LogP contribution in [0.1, 0.15) is 32.1 Å². The summed E-state index contributed by atoms with van der Waals surface area (Å²) >= 11 is 0. The van der Waals surface area contributed by atoms with Crippen LogP contribution in [0.15, 0.2) is 0 Å². The Morgan fingerprint density at radius 2 is 2.05 bits per heavy atom. The Balaban J connectivity index is 1.72. The molecule has 3 rings (SSSR count). The largest absolute Gasteiger partial charge is 0.481 e. The molecule has 0 amide bonds. The molecule has 1 saturated carbocycles. The summed E-state index contributed by atoms with van der Waals surface area (Å²) in [5.74, 6) is -0.656. The molecule has 0 spiro atoms. The first-order chi connectivity index (χ1) is 9.21. The first-order valence-electron chi connectivity index (χ1n) is 7.38. The summed E-state index contributed by atoms with van der Waals surface area (Å²) in [6.07, 6.45) is 5.09. The van der Waals surface area contributed by atoms with Gasteiger partial charge in [-0.2, -0.15) is 0 Å². The highest BCUT2D eigenvalue weighted by Crippen LogP contribution is 2.36. The maximum absolute atomic E-state index is 11.7. The van der Waals surface area contributed by atoms with Crippen LogP contribution in [0.5, 0.6) is 0 Å². The van der Waals surface area contributed by atoms with E-state index in [2.05, 4.69) is 4.90 Å². The molecule has 108 valence electrons. The third-order valence-electron chi connectivity index (χ3n) is 5.01. The zero-order valence-corrected chi connectivity index (χ0v) is 11.3. The number of morpholine rings is 1. The van der Waals surface area contributed by atoms with Gasteiger partial charge in [0.2, 0.25) is 0 Å². The molecule has 3 fully saturated rings. The lowest BCUT2D eigenvalue weighted by Crippen LogP contribution is -2.55. The summed E-state index contributed by atoms with van der Waals surface area (Å²) in [7, 11) is 0. The second-order valence-corrected chi connectivity index (χ2v) is 6.08. The number of carboxylic acid groups (broad SMARTS) is 1. The van der Waals surface area contributed by atoms with Gasteiger partial charge in [0, 0.05) is 32.3 Å². The van der Waals surface area contributed by atoms with Crippen molar-refractivity contribution in [2.45, 2.75) is 44.2 Å². The molecule has 0 aromatic heterocycles. The number of hydrogen-bond donors (Lipinski definition) is 1. The predicted octanol–water partition coefficient (Wildman–Crippen LogP) is 1.12. The summed E-state index contributed by atoms with van der Waals surface area (Å²) in [5, 5.41) is 9.65. The van der Waals surface area contributed by atoms with Crippen LogP contribution in [0, 0.1) is 5.41 Å². The van der Waals surface area contributed by atoms with Crippen LogP contribution >= 0.6 is 0 Å². The van der Waals surface area contributed by atoms with Crippen LogP contribution in [0.3, 0.4) is 0 Å². The minimum Gasteiger partial charge on any atom is -0.481 e. The molecule has 5 heteroatoms. The summed E-state index contributed by atoms with van der Waals surface area (Å²) in [6.45, 7) is 3.43. The van der Waals surface area contributed by atoms with Crippen molar-refractivity contribution in [3.63, 3.8) is 0 Å². The van der Waals surface area contributed by atoms with Crippen molar-refractivity contribution in [1.29, 1.82) is 0 Å². The summed E-state index contributed by atoms with van der Waals surface area (Å²) in [5.41, 5.74) is -0.608. The van der Waals surface area contributed by atoms with Crippen molar-refractivity contribution in [3.05, 3.63) is 0 Å². The highest BCUT2D eigenvalue weighted by atomic mass is 16.5. The van der Waals surface area contributed by atoms with Crippen LogP contribution in [-0.2, 0) is 14.3 Å². The molecule has 0 aromatic carbocycles. The molecule has 2 atom stereocenters. The van der Waals surface area contributed by atoms with E-state index in [0.717, 1.165) is 26.0 Å². The van der Waals surface area contributed by atoms with Crippen LogP contribution in [0.4, 0.5) is 0 Å². The summed E-state index contributed by atoms with van der Waals surface area (Å²) in [4.78, 5) is 14.1. The van der Waals surface area contributed by atoms with E-state index in [4.69, 9.17) is 9.47 Å². The van der Waals surface area contributed by atoms with Gasteiger partial charge in [-0.1, -0.05) is 0 Å². The van der Waals surface area contributed by atoms with Gasteiger partial charge in [-0.3, -0.25) is 9.69 Å². The second-order valence-electron chi connectivity index (χ2n) is 6.08. The maximum Gasteiger partial charge on any atom is 0.311 e. The number of hydrogen-bond acceptors (Lipinski definition) is 4. The number of carbonyl (C=O) groups is 1. The molecule has 2 aliphatic heterocycles. The SMILES string of the molecule is O=C(O)C1(CN2CCOC3CCCC32)CCOCC1. The quantitative estimate of drug-likeness (QED) is 0.832. The topological polar surface area (TPSA) is 59.0 Å². The van der Waals surface area contributed by atoms with E-state index in [1.54, 1.807) is 0 Å². The van der Waals surface area contributed by atoms with E-state index in [1.807, 2.05) is 0 Å². The molecule has 1 aliphatic carbocycles. The van der Waals surface area contributed by atoms with E-state index in [1.165, 1.54) is 6.42 Å². The normalized spacial score (nSPS) is 34.9. The molecule has 5 nitrogen and oxygen atoms in total. The number of aliphatic carboxylic acids is 1. The average Bonchev–Trinajstić information content (AvgIpc) is 2.89. The van der Waals surface area contributed by atoms with Crippen LogP contribution in [0.2, 0.25) is 0 Å². The Morgan fingerprint density at radius 1 is 1.26 bits per heavy atom. The monoisotopic (exact) mass is 269 g/mol. The van der Waals surface area contributed by atoms with E-state index in [9.17, 15) is 9.90 Å². The van der Waals surface area contributed by atoms with E-state index in [-0.39, 0.29) is 0 Å². The number of ether oxygens (including phenoxy) is 2. The Hall–Kier alpha value is -0.650. The Kier molecular flexibility index (Phi) is 3.78. The van der Waals surface area contributed by atoms with Gasteiger partial charge in [0.1, 0.15) is 0 Å². The minimum absolute atomic E-state index is 0.333. The molecule has 2 saturated heterocycles. The molecular formula is C14H23NO4. The van der Waals surface area contributed by atoms with Crippen molar-refractivity contribution in [2.24, 2.45) is 5.41 Å². The molecule has 1 N–H and O–H groups in total. The molecule has 2 unspecified atom stereocenters. The zero-order chi connectivity index (χ0) is 13.3. The summed E-state index contributed by atoms with van der Waals surface area (Å²) in [6, 6.07) is 0.438. The Bertz CT molecular complexity index is 340. The number of nitrogens with zero attached hydrogens (tertiary/aromatic N) is 1. The highest BCUT2D eigenvalue weighted by molar-refractivity contribution is 5.75. The third-order valence-corrected chi connectivity index (χ3v) is 5.01. The van der Waals surface area contributed by atoms with Gasteiger partial charge in [-0.25, -0.2) is 0 Å². The lowest BCUT2D eigenvalue weighted by atomic mass is 9.79. The average molecular weight is 269 g/mol. The fourth-order valence-corrected chi connectivity index (χ4v) is 3.79. The van der Waals surface area contributed by atoms with Gasteiger partial charge in [-0.05, 0) is 32.1 Å². The maximum atomic E-state index is 11.7. The first kappa shape index (κ1) is 13.3. The smallest absolute Gasteiger partial charge is 0.311 e.